The zero-order valence-electron chi connectivity index (χ0n) is 9.69. The summed E-state index contributed by atoms with van der Waals surface area (Å²) in [5.74, 6) is -0.523. The van der Waals surface area contributed by atoms with Crippen molar-refractivity contribution in [1.82, 2.24) is 0 Å². The fourth-order valence-corrected chi connectivity index (χ4v) is 3.49. The van der Waals surface area contributed by atoms with Crippen molar-refractivity contribution in [3.63, 3.8) is 0 Å². The van der Waals surface area contributed by atoms with E-state index >= 15 is 0 Å². The molecule has 1 aliphatic rings. The van der Waals surface area contributed by atoms with Crippen LogP contribution in [0, 0.1) is 17.1 Å². The number of para-hydroxylation sites is 1. The van der Waals surface area contributed by atoms with E-state index in [1.807, 2.05) is 0 Å². The Morgan fingerprint density at radius 3 is 2.44 bits per heavy atom. The van der Waals surface area contributed by atoms with Gasteiger partial charge in [-0.15, -0.1) is 0 Å². The number of hydrogen-bond donors (Lipinski definition) is 1. The van der Waals surface area contributed by atoms with E-state index in [-0.39, 0.29) is 30.0 Å². The first-order chi connectivity index (χ1) is 8.46. The van der Waals surface area contributed by atoms with Gasteiger partial charge in [0.15, 0.2) is 9.84 Å². The van der Waals surface area contributed by atoms with Crippen molar-refractivity contribution in [2.45, 2.75) is 18.4 Å². The molecule has 1 saturated heterocycles. The summed E-state index contributed by atoms with van der Waals surface area (Å²) in [7, 11) is -3.05. The fraction of sp³-hybridized carbons (Fsp3) is 0.417. The summed E-state index contributed by atoms with van der Waals surface area (Å²) < 4.78 is 36.2. The minimum atomic E-state index is -3.05. The lowest BCUT2D eigenvalue weighted by atomic mass is 9.93. The maximum absolute atomic E-state index is 13.5. The van der Waals surface area contributed by atoms with Gasteiger partial charge >= 0.3 is 0 Å². The standard InChI is InChI=1S/C12H13FN2O2S/c13-10-3-1-2-4-11(10)15-12(9-14)5-7-18(16,17)8-6-12/h1-4,15H,5-8H2. The Morgan fingerprint density at radius 1 is 1.28 bits per heavy atom. The number of nitrogens with one attached hydrogen (secondary N) is 1. The van der Waals surface area contributed by atoms with E-state index in [4.69, 9.17) is 0 Å². The average molecular weight is 268 g/mol. The molecule has 6 heteroatoms. The van der Waals surface area contributed by atoms with Crippen LogP contribution in [-0.4, -0.2) is 25.5 Å². The van der Waals surface area contributed by atoms with Crippen LogP contribution >= 0.6 is 0 Å². The molecule has 1 N–H and O–H groups in total. The van der Waals surface area contributed by atoms with Crippen LogP contribution in [0.3, 0.4) is 0 Å². The molecule has 96 valence electrons. The van der Waals surface area contributed by atoms with Gasteiger partial charge in [-0.25, -0.2) is 12.8 Å². The fourth-order valence-electron chi connectivity index (χ4n) is 1.97. The minimum absolute atomic E-state index is 0.0397. The Labute approximate surface area is 105 Å². The van der Waals surface area contributed by atoms with Gasteiger partial charge in [-0.3, -0.25) is 0 Å². The molecule has 0 spiro atoms. The first-order valence-corrected chi connectivity index (χ1v) is 7.43. The van der Waals surface area contributed by atoms with Crippen molar-refractivity contribution in [2.24, 2.45) is 0 Å². The maximum atomic E-state index is 13.5. The number of sulfone groups is 1. The van der Waals surface area contributed by atoms with Gasteiger partial charge in [-0.05, 0) is 25.0 Å². The Hall–Kier alpha value is -1.61. The molecule has 0 amide bonds. The van der Waals surface area contributed by atoms with Gasteiger partial charge in [-0.1, -0.05) is 12.1 Å². The minimum Gasteiger partial charge on any atom is -0.365 e. The smallest absolute Gasteiger partial charge is 0.150 e. The van der Waals surface area contributed by atoms with E-state index in [9.17, 15) is 18.1 Å². The van der Waals surface area contributed by atoms with E-state index in [0.717, 1.165) is 0 Å². The predicted octanol–water partition coefficient (Wildman–Crippen LogP) is 1.71. The predicted molar refractivity (Wildman–Crippen MR) is 66.3 cm³/mol. The quantitative estimate of drug-likeness (QED) is 0.886. The van der Waals surface area contributed by atoms with Crippen molar-refractivity contribution in [3.8, 4) is 6.07 Å². The summed E-state index contributed by atoms with van der Waals surface area (Å²) in [6.07, 6.45) is 0.361. The van der Waals surface area contributed by atoms with Crippen LogP contribution in [0.4, 0.5) is 10.1 Å². The van der Waals surface area contributed by atoms with Crippen LogP contribution in [0.2, 0.25) is 0 Å². The Kier molecular flexibility index (Phi) is 3.26. The lowest BCUT2D eigenvalue weighted by molar-refractivity contribution is 0.501. The molecule has 0 radical (unpaired) electrons. The SMILES string of the molecule is N#CC1(Nc2ccccc2F)CCS(=O)(=O)CC1. The highest BCUT2D eigenvalue weighted by molar-refractivity contribution is 7.91. The molecule has 1 heterocycles. The van der Waals surface area contributed by atoms with Gasteiger partial charge < -0.3 is 5.32 Å². The molecule has 0 aromatic heterocycles. The van der Waals surface area contributed by atoms with Gasteiger partial charge in [-0.2, -0.15) is 5.26 Å². The van der Waals surface area contributed by atoms with Gasteiger partial charge in [0.2, 0.25) is 0 Å². The molecule has 2 rings (SSSR count). The van der Waals surface area contributed by atoms with Crippen molar-refractivity contribution in [2.75, 3.05) is 16.8 Å². The zero-order valence-corrected chi connectivity index (χ0v) is 10.5. The highest BCUT2D eigenvalue weighted by Crippen LogP contribution is 2.28. The number of nitrogens with zero attached hydrogens (tertiary/aromatic N) is 1. The first-order valence-electron chi connectivity index (χ1n) is 5.61. The van der Waals surface area contributed by atoms with Crippen molar-refractivity contribution < 1.29 is 12.8 Å². The summed E-state index contributed by atoms with van der Waals surface area (Å²) in [5, 5.41) is 12.1. The number of hydrogen-bond acceptors (Lipinski definition) is 4. The molecule has 18 heavy (non-hydrogen) atoms. The summed E-state index contributed by atoms with van der Waals surface area (Å²) in [6, 6.07) is 8.15. The lowest BCUT2D eigenvalue weighted by Crippen LogP contribution is -2.44. The summed E-state index contributed by atoms with van der Waals surface area (Å²) in [4.78, 5) is 0. The van der Waals surface area contributed by atoms with Gasteiger partial charge in [0, 0.05) is 0 Å². The highest BCUT2D eigenvalue weighted by atomic mass is 32.2. The molecule has 4 nitrogen and oxygen atoms in total. The molecular weight excluding hydrogens is 255 g/mol. The van der Waals surface area contributed by atoms with Crippen LogP contribution in [0.1, 0.15) is 12.8 Å². The molecule has 0 unspecified atom stereocenters. The second-order valence-corrected chi connectivity index (χ2v) is 6.75. The number of benzene rings is 1. The van der Waals surface area contributed by atoms with E-state index in [2.05, 4.69) is 11.4 Å². The summed E-state index contributed by atoms with van der Waals surface area (Å²) in [5.41, 5.74) is -0.758. The lowest BCUT2D eigenvalue weighted by Gasteiger charge is -2.32. The number of anilines is 1. The number of rotatable bonds is 2. The van der Waals surface area contributed by atoms with Gasteiger partial charge in [0.05, 0.1) is 23.3 Å². The summed E-state index contributed by atoms with van der Waals surface area (Å²) in [6.45, 7) is 0. The van der Waals surface area contributed by atoms with E-state index in [1.54, 1.807) is 12.1 Å². The third-order valence-corrected chi connectivity index (χ3v) is 4.79. The number of halogens is 1. The largest absolute Gasteiger partial charge is 0.365 e. The topological polar surface area (TPSA) is 70.0 Å². The molecule has 1 aromatic rings. The summed E-state index contributed by atoms with van der Waals surface area (Å²) >= 11 is 0. The Balaban J connectivity index is 2.21. The Bertz CT molecular complexity index is 578. The highest BCUT2D eigenvalue weighted by Gasteiger charge is 2.37. The molecule has 0 bridgehead atoms. The second-order valence-electron chi connectivity index (χ2n) is 4.45. The molecular formula is C12H13FN2O2S. The normalized spacial score (nSPS) is 20.9. The first kappa shape index (κ1) is 12.8. The third kappa shape index (κ3) is 2.62. The van der Waals surface area contributed by atoms with Crippen LogP contribution < -0.4 is 5.32 Å². The van der Waals surface area contributed by atoms with Crippen molar-refractivity contribution >= 4 is 15.5 Å². The molecule has 0 saturated carbocycles. The van der Waals surface area contributed by atoms with Gasteiger partial charge in [0.25, 0.3) is 0 Å². The van der Waals surface area contributed by atoms with Crippen molar-refractivity contribution in [3.05, 3.63) is 30.1 Å². The van der Waals surface area contributed by atoms with Gasteiger partial charge in [0.1, 0.15) is 11.4 Å². The molecule has 1 fully saturated rings. The van der Waals surface area contributed by atoms with E-state index in [0.29, 0.717) is 0 Å². The zero-order chi connectivity index (χ0) is 13.2. The van der Waals surface area contributed by atoms with Crippen LogP contribution in [0.15, 0.2) is 24.3 Å². The maximum Gasteiger partial charge on any atom is 0.150 e. The monoisotopic (exact) mass is 268 g/mol. The van der Waals surface area contributed by atoms with Crippen LogP contribution in [0.5, 0.6) is 0 Å². The van der Waals surface area contributed by atoms with Crippen LogP contribution in [-0.2, 0) is 9.84 Å². The molecule has 0 aliphatic carbocycles. The van der Waals surface area contributed by atoms with E-state index in [1.165, 1.54) is 12.1 Å². The van der Waals surface area contributed by atoms with Crippen molar-refractivity contribution in [1.29, 1.82) is 5.26 Å². The van der Waals surface area contributed by atoms with Crippen LogP contribution in [0.25, 0.3) is 0 Å². The molecule has 1 aromatic carbocycles. The van der Waals surface area contributed by atoms with E-state index < -0.39 is 21.2 Å². The average Bonchev–Trinajstić information content (AvgIpc) is 2.35. The molecule has 1 aliphatic heterocycles. The molecule has 0 atom stereocenters. The number of nitriles is 1. The Morgan fingerprint density at radius 2 is 1.89 bits per heavy atom. The third-order valence-electron chi connectivity index (χ3n) is 3.14. The second kappa shape index (κ2) is 4.58.